The van der Waals surface area contributed by atoms with Crippen LogP contribution in [0, 0.1) is 17.5 Å². The van der Waals surface area contributed by atoms with Crippen molar-refractivity contribution in [1.82, 2.24) is 5.32 Å². The van der Waals surface area contributed by atoms with Crippen LogP contribution < -0.4 is 5.32 Å². The van der Waals surface area contributed by atoms with Crippen molar-refractivity contribution in [2.45, 2.75) is 13.0 Å². The Hall–Kier alpha value is -1.33. The van der Waals surface area contributed by atoms with Gasteiger partial charge in [0.25, 0.3) is 0 Å². The highest BCUT2D eigenvalue weighted by molar-refractivity contribution is 9.10. The van der Waals surface area contributed by atoms with E-state index in [1.165, 1.54) is 18.2 Å². The van der Waals surface area contributed by atoms with E-state index in [-0.39, 0.29) is 0 Å². The number of rotatable bonds is 4. The Bertz CT molecular complexity index is 596. The van der Waals surface area contributed by atoms with E-state index in [9.17, 15) is 13.2 Å². The van der Waals surface area contributed by atoms with Gasteiger partial charge in [0.1, 0.15) is 17.5 Å². The first-order chi connectivity index (χ1) is 9.51. The van der Waals surface area contributed by atoms with E-state index in [4.69, 9.17) is 0 Å². The molecule has 0 radical (unpaired) electrons. The Morgan fingerprint density at radius 3 is 2.20 bits per heavy atom. The minimum absolute atomic E-state index is 0.349. The van der Waals surface area contributed by atoms with Crippen molar-refractivity contribution in [3.05, 3.63) is 69.4 Å². The maximum atomic E-state index is 13.6. The van der Waals surface area contributed by atoms with Crippen molar-refractivity contribution in [3.63, 3.8) is 0 Å². The van der Waals surface area contributed by atoms with Crippen LogP contribution in [0.2, 0.25) is 0 Å². The molecule has 0 aliphatic rings. The lowest BCUT2D eigenvalue weighted by atomic mass is 9.98. The van der Waals surface area contributed by atoms with Crippen molar-refractivity contribution in [2.75, 3.05) is 6.54 Å². The highest BCUT2D eigenvalue weighted by Gasteiger charge is 2.16. The molecule has 0 fully saturated rings. The number of hydrogen-bond donors (Lipinski definition) is 1. The monoisotopic (exact) mass is 343 g/mol. The fraction of sp³-hybridized carbons (Fsp3) is 0.200. The van der Waals surface area contributed by atoms with Crippen LogP contribution in [0.15, 0.2) is 40.9 Å². The smallest absolute Gasteiger partial charge is 0.137 e. The average Bonchev–Trinajstić information content (AvgIpc) is 2.38. The van der Waals surface area contributed by atoms with Crippen LogP contribution in [-0.4, -0.2) is 6.54 Å². The molecule has 1 N–H and O–H groups in total. The number of nitrogens with one attached hydrogen (secondary N) is 1. The molecular weight excluding hydrogens is 331 g/mol. The second-order valence-electron chi connectivity index (χ2n) is 4.37. The molecule has 106 valence electrons. The van der Waals surface area contributed by atoms with Gasteiger partial charge in [-0.25, -0.2) is 13.2 Å². The Balaban J connectivity index is 2.46. The minimum atomic E-state index is -0.652. The Morgan fingerprint density at radius 1 is 1.00 bits per heavy atom. The number of benzene rings is 2. The van der Waals surface area contributed by atoms with Gasteiger partial charge in [0.05, 0.1) is 10.5 Å². The van der Waals surface area contributed by atoms with Crippen molar-refractivity contribution in [2.24, 2.45) is 0 Å². The highest BCUT2D eigenvalue weighted by Crippen LogP contribution is 2.26. The minimum Gasteiger partial charge on any atom is -0.307 e. The summed E-state index contributed by atoms with van der Waals surface area (Å²) in [5.74, 6) is -1.72. The molecule has 1 unspecified atom stereocenters. The SMILES string of the molecule is CCNC(c1cc(F)cc(F)c1)c1ccc(Br)c(F)c1. The molecule has 20 heavy (non-hydrogen) atoms. The quantitative estimate of drug-likeness (QED) is 0.857. The van der Waals surface area contributed by atoms with Crippen LogP contribution >= 0.6 is 15.9 Å². The van der Waals surface area contributed by atoms with E-state index in [0.717, 1.165) is 6.07 Å². The Labute approximate surface area is 123 Å². The summed E-state index contributed by atoms with van der Waals surface area (Å²) >= 11 is 3.08. The molecule has 0 aliphatic carbocycles. The van der Waals surface area contributed by atoms with E-state index in [1.54, 1.807) is 12.1 Å². The van der Waals surface area contributed by atoms with E-state index in [1.807, 2.05) is 6.92 Å². The lowest BCUT2D eigenvalue weighted by molar-refractivity contribution is 0.563. The average molecular weight is 344 g/mol. The van der Waals surface area contributed by atoms with Crippen molar-refractivity contribution in [1.29, 1.82) is 0 Å². The molecule has 1 atom stereocenters. The summed E-state index contributed by atoms with van der Waals surface area (Å²) in [6.45, 7) is 2.46. The molecular formula is C15H13BrF3N. The van der Waals surface area contributed by atoms with Gasteiger partial charge in [-0.1, -0.05) is 13.0 Å². The molecule has 0 saturated heterocycles. The fourth-order valence-corrected chi connectivity index (χ4v) is 2.31. The predicted octanol–water partition coefficient (Wildman–Crippen LogP) is 4.57. The molecule has 2 aromatic rings. The maximum Gasteiger partial charge on any atom is 0.137 e. The third-order valence-electron chi connectivity index (χ3n) is 2.90. The van der Waals surface area contributed by atoms with Crippen LogP contribution in [0.3, 0.4) is 0 Å². The Kier molecular flexibility index (Phi) is 4.83. The molecule has 2 rings (SSSR count). The molecule has 0 spiro atoms. The molecule has 0 heterocycles. The van der Waals surface area contributed by atoms with Crippen molar-refractivity contribution in [3.8, 4) is 0 Å². The number of hydrogen-bond acceptors (Lipinski definition) is 1. The second-order valence-corrected chi connectivity index (χ2v) is 5.22. The van der Waals surface area contributed by atoms with E-state index in [0.29, 0.717) is 22.1 Å². The van der Waals surface area contributed by atoms with Gasteiger partial charge >= 0.3 is 0 Å². The van der Waals surface area contributed by atoms with Gasteiger partial charge in [-0.15, -0.1) is 0 Å². The molecule has 0 saturated carbocycles. The zero-order valence-electron chi connectivity index (χ0n) is 10.8. The van der Waals surface area contributed by atoms with Gasteiger partial charge in [0.15, 0.2) is 0 Å². The van der Waals surface area contributed by atoms with Crippen LogP contribution in [0.4, 0.5) is 13.2 Å². The fourth-order valence-electron chi connectivity index (χ4n) is 2.07. The summed E-state index contributed by atoms with van der Waals surface area (Å²) < 4.78 is 40.7. The molecule has 0 bridgehead atoms. The summed E-state index contributed by atoms with van der Waals surface area (Å²) in [5.41, 5.74) is 1.03. The third kappa shape index (κ3) is 3.41. The summed E-state index contributed by atoms with van der Waals surface area (Å²) in [6, 6.07) is 7.48. The van der Waals surface area contributed by atoms with Gasteiger partial charge in [-0.3, -0.25) is 0 Å². The summed E-state index contributed by atoms with van der Waals surface area (Å²) in [7, 11) is 0. The second kappa shape index (κ2) is 6.41. The van der Waals surface area contributed by atoms with Gasteiger partial charge in [0, 0.05) is 6.07 Å². The zero-order valence-corrected chi connectivity index (χ0v) is 12.3. The third-order valence-corrected chi connectivity index (χ3v) is 3.55. The first-order valence-electron chi connectivity index (χ1n) is 6.15. The van der Waals surface area contributed by atoms with Crippen molar-refractivity contribution >= 4 is 15.9 Å². The van der Waals surface area contributed by atoms with Gasteiger partial charge in [0.2, 0.25) is 0 Å². The van der Waals surface area contributed by atoms with Gasteiger partial charge in [-0.2, -0.15) is 0 Å². The van der Waals surface area contributed by atoms with Crippen LogP contribution in [0.5, 0.6) is 0 Å². The molecule has 0 aromatic heterocycles. The maximum absolute atomic E-state index is 13.6. The molecule has 0 amide bonds. The van der Waals surface area contributed by atoms with Gasteiger partial charge in [-0.05, 0) is 57.9 Å². The Morgan fingerprint density at radius 2 is 1.65 bits per heavy atom. The van der Waals surface area contributed by atoms with Crippen molar-refractivity contribution < 1.29 is 13.2 Å². The molecule has 5 heteroatoms. The molecule has 0 aliphatic heterocycles. The van der Waals surface area contributed by atoms with E-state index >= 15 is 0 Å². The first-order valence-corrected chi connectivity index (χ1v) is 6.95. The van der Waals surface area contributed by atoms with E-state index < -0.39 is 23.5 Å². The topological polar surface area (TPSA) is 12.0 Å². The van der Waals surface area contributed by atoms with Crippen LogP contribution in [-0.2, 0) is 0 Å². The van der Waals surface area contributed by atoms with Crippen LogP contribution in [0.25, 0.3) is 0 Å². The zero-order chi connectivity index (χ0) is 14.7. The lowest BCUT2D eigenvalue weighted by Crippen LogP contribution is -2.22. The van der Waals surface area contributed by atoms with Gasteiger partial charge < -0.3 is 5.32 Å². The lowest BCUT2D eigenvalue weighted by Gasteiger charge is -2.19. The predicted molar refractivity (Wildman–Crippen MR) is 76.0 cm³/mol. The first kappa shape index (κ1) is 15.1. The molecule has 1 nitrogen and oxygen atoms in total. The van der Waals surface area contributed by atoms with Crippen LogP contribution in [0.1, 0.15) is 24.1 Å². The normalized spacial score (nSPS) is 12.4. The largest absolute Gasteiger partial charge is 0.307 e. The standard InChI is InChI=1S/C15H13BrF3N/c1-2-20-15(9-3-4-13(16)14(19)7-9)10-5-11(17)8-12(18)6-10/h3-8,15,20H,2H2,1H3. The van der Waals surface area contributed by atoms with E-state index in [2.05, 4.69) is 21.2 Å². The summed E-state index contributed by atoms with van der Waals surface area (Å²) in [6.07, 6.45) is 0. The summed E-state index contributed by atoms with van der Waals surface area (Å²) in [4.78, 5) is 0. The number of halogens is 4. The molecule has 2 aromatic carbocycles. The summed E-state index contributed by atoms with van der Waals surface area (Å²) in [5, 5.41) is 3.10. The highest BCUT2D eigenvalue weighted by atomic mass is 79.9.